The third-order valence-corrected chi connectivity index (χ3v) is 4.12. The molecule has 1 aromatic carbocycles. The summed E-state index contributed by atoms with van der Waals surface area (Å²) in [5.74, 6) is -1.86. The number of nitriles is 1. The van der Waals surface area contributed by atoms with Gasteiger partial charge in [-0.15, -0.1) is 0 Å². The highest BCUT2D eigenvalue weighted by Gasteiger charge is 2.38. The minimum atomic E-state index is -5.08. The van der Waals surface area contributed by atoms with Crippen molar-refractivity contribution >= 4 is 11.9 Å². The van der Waals surface area contributed by atoms with Crippen molar-refractivity contribution in [2.75, 3.05) is 13.1 Å². The molecule has 0 saturated carbocycles. The fourth-order valence-corrected chi connectivity index (χ4v) is 2.55. The van der Waals surface area contributed by atoms with Crippen LogP contribution in [0.25, 0.3) is 0 Å². The fourth-order valence-electron chi connectivity index (χ4n) is 2.55. The van der Waals surface area contributed by atoms with Crippen molar-refractivity contribution in [3.05, 3.63) is 53.7 Å². The standard InChI is InChI=1S/C18H18N4O2.C2HF3O2/c19-10-13-3-8-17(21-11-13)24-16-6-4-14(5-7-16)18(23)22-12-15-2-1-9-20-15;3-2(4,5)1(6)7/h3-8,11,15,20H,1-2,9,12H2,(H,22,23);(H,6,7). The molecule has 1 aromatic heterocycles. The number of amides is 1. The maximum atomic E-state index is 12.1. The molecule has 164 valence electrons. The summed E-state index contributed by atoms with van der Waals surface area (Å²) in [7, 11) is 0. The van der Waals surface area contributed by atoms with E-state index < -0.39 is 12.1 Å². The first-order valence-corrected chi connectivity index (χ1v) is 9.15. The molecule has 0 radical (unpaired) electrons. The zero-order chi connectivity index (χ0) is 22.9. The molecule has 1 atom stereocenters. The number of halogens is 3. The molecule has 11 heteroatoms. The van der Waals surface area contributed by atoms with Gasteiger partial charge < -0.3 is 20.5 Å². The Labute approximate surface area is 175 Å². The number of nitrogens with one attached hydrogen (secondary N) is 2. The molecule has 3 N–H and O–H groups in total. The van der Waals surface area contributed by atoms with E-state index in [2.05, 4.69) is 15.6 Å². The van der Waals surface area contributed by atoms with Crippen LogP contribution in [0.1, 0.15) is 28.8 Å². The van der Waals surface area contributed by atoms with Crippen molar-refractivity contribution < 1.29 is 32.6 Å². The number of ether oxygens (including phenoxy) is 1. The summed E-state index contributed by atoms with van der Waals surface area (Å²) < 4.78 is 37.3. The lowest BCUT2D eigenvalue weighted by atomic mass is 10.2. The lowest BCUT2D eigenvalue weighted by Crippen LogP contribution is -2.37. The molecule has 1 aliphatic rings. The summed E-state index contributed by atoms with van der Waals surface area (Å²) in [6.45, 7) is 1.67. The highest BCUT2D eigenvalue weighted by Crippen LogP contribution is 2.20. The molecule has 8 nitrogen and oxygen atoms in total. The van der Waals surface area contributed by atoms with Crippen LogP contribution in [0.15, 0.2) is 42.6 Å². The number of rotatable bonds is 5. The summed E-state index contributed by atoms with van der Waals surface area (Å²) >= 11 is 0. The van der Waals surface area contributed by atoms with Crippen molar-refractivity contribution in [1.29, 1.82) is 5.26 Å². The van der Waals surface area contributed by atoms with Gasteiger partial charge in [0, 0.05) is 30.4 Å². The molecule has 1 unspecified atom stereocenters. The van der Waals surface area contributed by atoms with Crippen LogP contribution >= 0.6 is 0 Å². The van der Waals surface area contributed by atoms with Crippen LogP contribution in [-0.2, 0) is 4.79 Å². The SMILES string of the molecule is N#Cc1ccc(Oc2ccc(C(=O)NCC3CCCN3)cc2)nc1.O=C(O)C(F)(F)F. The van der Waals surface area contributed by atoms with Gasteiger partial charge in [-0.25, -0.2) is 9.78 Å². The van der Waals surface area contributed by atoms with Crippen LogP contribution in [0.4, 0.5) is 13.2 Å². The Morgan fingerprint density at radius 2 is 1.94 bits per heavy atom. The fraction of sp³-hybridized carbons (Fsp3) is 0.300. The Morgan fingerprint density at radius 3 is 2.42 bits per heavy atom. The van der Waals surface area contributed by atoms with Crippen LogP contribution < -0.4 is 15.4 Å². The minimum absolute atomic E-state index is 0.0910. The van der Waals surface area contributed by atoms with E-state index in [0.29, 0.717) is 35.3 Å². The van der Waals surface area contributed by atoms with Crippen molar-refractivity contribution in [3.8, 4) is 17.7 Å². The maximum Gasteiger partial charge on any atom is 0.490 e. The van der Waals surface area contributed by atoms with Gasteiger partial charge in [-0.2, -0.15) is 18.4 Å². The van der Waals surface area contributed by atoms with Crippen LogP contribution in [0.3, 0.4) is 0 Å². The zero-order valence-corrected chi connectivity index (χ0v) is 16.1. The Morgan fingerprint density at radius 1 is 1.26 bits per heavy atom. The quantitative estimate of drug-likeness (QED) is 0.658. The van der Waals surface area contributed by atoms with Crippen LogP contribution in [0.5, 0.6) is 11.6 Å². The molecule has 0 aliphatic carbocycles. The number of carbonyl (C=O) groups is 2. The Bertz CT molecular complexity index is 919. The van der Waals surface area contributed by atoms with Crippen molar-refractivity contribution in [3.63, 3.8) is 0 Å². The third kappa shape index (κ3) is 7.94. The lowest BCUT2D eigenvalue weighted by Gasteiger charge is -2.11. The van der Waals surface area contributed by atoms with Gasteiger partial charge in [0.25, 0.3) is 5.91 Å². The Kier molecular flexibility index (Phi) is 8.33. The lowest BCUT2D eigenvalue weighted by molar-refractivity contribution is -0.192. The van der Waals surface area contributed by atoms with E-state index in [9.17, 15) is 18.0 Å². The second-order valence-electron chi connectivity index (χ2n) is 6.43. The number of alkyl halides is 3. The molecular weight excluding hydrogens is 417 g/mol. The van der Waals surface area contributed by atoms with Crippen LogP contribution in [0, 0.1) is 11.3 Å². The number of aromatic nitrogens is 1. The van der Waals surface area contributed by atoms with Crippen molar-refractivity contribution in [2.24, 2.45) is 0 Å². The summed E-state index contributed by atoms with van der Waals surface area (Å²) in [5.41, 5.74) is 1.07. The first-order chi connectivity index (χ1) is 14.7. The van der Waals surface area contributed by atoms with Gasteiger partial charge in [-0.1, -0.05) is 0 Å². The highest BCUT2D eigenvalue weighted by molar-refractivity contribution is 5.94. The number of aliphatic carboxylic acids is 1. The summed E-state index contributed by atoms with van der Waals surface area (Å²) in [6, 6.07) is 12.5. The first-order valence-electron chi connectivity index (χ1n) is 9.15. The number of nitrogens with zero attached hydrogens (tertiary/aromatic N) is 2. The first kappa shape index (κ1) is 23.6. The molecule has 1 fully saturated rings. The van der Waals surface area contributed by atoms with Crippen LogP contribution in [0.2, 0.25) is 0 Å². The summed E-state index contributed by atoms with van der Waals surface area (Å²) in [5, 5.41) is 22.1. The topological polar surface area (TPSA) is 124 Å². The van der Waals surface area contributed by atoms with E-state index in [-0.39, 0.29) is 5.91 Å². The van der Waals surface area contributed by atoms with Gasteiger partial charge in [-0.05, 0) is 49.7 Å². The second-order valence-corrected chi connectivity index (χ2v) is 6.43. The number of benzene rings is 1. The van der Waals surface area contributed by atoms with Crippen molar-refractivity contribution in [2.45, 2.75) is 25.1 Å². The summed E-state index contributed by atoms with van der Waals surface area (Å²) in [6.07, 6.45) is -1.37. The number of carboxylic acid groups (broad SMARTS) is 1. The molecule has 1 aliphatic heterocycles. The smallest absolute Gasteiger partial charge is 0.475 e. The molecule has 2 heterocycles. The molecule has 2 aromatic rings. The van der Waals surface area contributed by atoms with E-state index in [1.807, 2.05) is 6.07 Å². The van der Waals surface area contributed by atoms with Crippen molar-refractivity contribution in [1.82, 2.24) is 15.6 Å². The van der Waals surface area contributed by atoms with E-state index >= 15 is 0 Å². The second kappa shape index (κ2) is 10.9. The molecular formula is C20H19F3N4O4. The third-order valence-electron chi connectivity index (χ3n) is 4.12. The highest BCUT2D eigenvalue weighted by atomic mass is 19.4. The molecule has 0 bridgehead atoms. The van der Waals surface area contributed by atoms with Gasteiger partial charge in [0.15, 0.2) is 0 Å². The largest absolute Gasteiger partial charge is 0.490 e. The van der Waals surface area contributed by atoms with Gasteiger partial charge >= 0.3 is 12.1 Å². The average Bonchev–Trinajstić information content (AvgIpc) is 3.26. The van der Waals surface area contributed by atoms with Gasteiger partial charge in [-0.3, -0.25) is 4.79 Å². The number of carboxylic acids is 1. The Balaban J connectivity index is 0.000000423. The number of carbonyl (C=O) groups excluding carboxylic acids is 1. The molecule has 1 amide bonds. The monoisotopic (exact) mass is 436 g/mol. The van der Waals surface area contributed by atoms with E-state index in [0.717, 1.165) is 19.4 Å². The van der Waals surface area contributed by atoms with E-state index in [1.54, 1.807) is 36.4 Å². The maximum absolute atomic E-state index is 12.1. The predicted molar refractivity (Wildman–Crippen MR) is 103 cm³/mol. The molecule has 0 spiro atoms. The van der Waals surface area contributed by atoms with E-state index in [4.69, 9.17) is 19.9 Å². The van der Waals surface area contributed by atoms with Gasteiger partial charge in [0.2, 0.25) is 5.88 Å². The Hall–Kier alpha value is -3.65. The normalized spacial score (nSPS) is 15.2. The number of hydrogen-bond acceptors (Lipinski definition) is 6. The van der Waals surface area contributed by atoms with Crippen LogP contribution in [-0.4, -0.2) is 47.3 Å². The number of hydrogen-bond donors (Lipinski definition) is 3. The minimum Gasteiger partial charge on any atom is -0.475 e. The summed E-state index contributed by atoms with van der Waals surface area (Å²) in [4.78, 5) is 25.1. The zero-order valence-electron chi connectivity index (χ0n) is 16.1. The van der Waals surface area contributed by atoms with Gasteiger partial charge in [0.1, 0.15) is 11.8 Å². The number of pyridine rings is 1. The molecule has 31 heavy (non-hydrogen) atoms. The average molecular weight is 436 g/mol. The van der Waals surface area contributed by atoms with E-state index in [1.165, 1.54) is 6.20 Å². The predicted octanol–water partition coefficient (Wildman–Crippen LogP) is 2.86. The molecule has 3 rings (SSSR count). The van der Waals surface area contributed by atoms with Gasteiger partial charge in [0.05, 0.1) is 5.56 Å². The molecule has 1 saturated heterocycles.